The molecule has 0 radical (unpaired) electrons. The second-order valence-electron chi connectivity index (χ2n) is 2.08. The van der Waals surface area contributed by atoms with Crippen molar-refractivity contribution in [3.05, 3.63) is 22.4 Å². The summed E-state index contributed by atoms with van der Waals surface area (Å²) in [6, 6.07) is -0.461. The minimum Gasteiger partial charge on any atom is -0.316 e. The molecule has 0 unspecified atom stereocenters. The van der Waals surface area contributed by atoms with Gasteiger partial charge in [0.2, 0.25) is 0 Å². The van der Waals surface area contributed by atoms with Crippen molar-refractivity contribution in [3.8, 4) is 0 Å². The second-order valence-corrected chi connectivity index (χ2v) is 2.86. The van der Waals surface area contributed by atoms with Crippen molar-refractivity contribution in [1.29, 1.82) is 0 Å². The molecule has 0 aliphatic rings. The lowest BCUT2D eigenvalue weighted by molar-refractivity contribution is -0.149. The summed E-state index contributed by atoms with van der Waals surface area (Å²) in [5, 5.41) is 2.97. The lowest BCUT2D eigenvalue weighted by Gasteiger charge is -2.13. The lowest BCUT2D eigenvalue weighted by atomic mass is 10.2. The molecule has 0 aliphatic heterocycles. The molecule has 6 heteroatoms. The van der Waals surface area contributed by atoms with Crippen LogP contribution in [0.4, 0.5) is 13.2 Å². The summed E-state index contributed by atoms with van der Waals surface area (Å²) in [6.45, 7) is 0. The molecule has 0 amide bonds. The Kier molecular flexibility index (Phi) is 4.02. The van der Waals surface area contributed by atoms with Gasteiger partial charge >= 0.3 is 6.18 Å². The topological polar surface area (TPSA) is 26.0 Å². The molecule has 0 spiro atoms. The van der Waals surface area contributed by atoms with E-state index in [9.17, 15) is 13.2 Å². The fourth-order valence-electron chi connectivity index (χ4n) is 0.641. The van der Waals surface area contributed by atoms with Crippen LogP contribution in [0.5, 0.6) is 0 Å². The zero-order chi connectivity index (χ0) is 8.48. The Bertz CT molecular complexity index is 221. The molecule has 1 rings (SSSR count). The summed E-state index contributed by atoms with van der Waals surface area (Å²) in [5.74, 6) is 0. The third-order valence-corrected chi connectivity index (χ3v) is 1.96. The maximum atomic E-state index is 11.9. The third kappa shape index (κ3) is 2.66. The first-order chi connectivity index (χ1) is 5.02. The van der Waals surface area contributed by atoms with Gasteiger partial charge in [0.25, 0.3) is 0 Å². The Morgan fingerprint density at radius 3 is 2.33 bits per heavy atom. The molecule has 2 N–H and O–H groups in total. The van der Waals surface area contributed by atoms with Crippen molar-refractivity contribution in [2.75, 3.05) is 0 Å². The molecule has 1 heterocycles. The van der Waals surface area contributed by atoms with Gasteiger partial charge in [-0.3, -0.25) is 0 Å². The molecule has 0 aliphatic carbocycles. The van der Waals surface area contributed by atoms with Crippen LogP contribution in [0.25, 0.3) is 0 Å². The van der Waals surface area contributed by atoms with Gasteiger partial charge in [-0.2, -0.15) is 24.5 Å². The van der Waals surface area contributed by atoms with E-state index >= 15 is 0 Å². The maximum absolute atomic E-state index is 11.9. The highest BCUT2D eigenvalue weighted by Gasteiger charge is 2.37. The number of thiophene rings is 1. The highest BCUT2D eigenvalue weighted by Crippen LogP contribution is 2.31. The number of hydrogen-bond acceptors (Lipinski definition) is 2. The molecular weight excluding hydrogens is 211 g/mol. The highest BCUT2D eigenvalue weighted by molar-refractivity contribution is 7.07. The summed E-state index contributed by atoms with van der Waals surface area (Å²) in [4.78, 5) is 0. The zero-order valence-corrected chi connectivity index (χ0v) is 7.47. The van der Waals surface area contributed by atoms with Crippen molar-refractivity contribution < 1.29 is 13.2 Å². The van der Waals surface area contributed by atoms with Crippen LogP contribution in [0.2, 0.25) is 0 Å². The fourth-order valence-corrected chi connectivity index (χ4v) is 1.34. The van der Waals surface area contributed by atoms with Crippen LogP contribution in [0, 0.1) is 0 Å². The van der Waals surface area contributed by atoms with Crippen LogP contribution in [0.15, 0.2) is 16.8 Å². The van der Waals surface area contributed by atoms with Crippen molar-refractivity contribution in [2.24, 2.45) is 5.73 Å². The molecular formula is C6H7ClF3NS. The average Bonchev–Trinajstić information content (AvgIpc) is 2.34. The smallest absolute Gasteiger partial charge is 0.316 e. The Morgan fingerprint density at radius 2 is 2.00 bits per heavy atom. The molecule has 0 bridgehead atoms. The number of nitrogens with two attached hydrogens (primary N) is 1. The SMILES string of the molecule is Cl.N[C@H](c1ccsc1)C(F)(F)F. The lowest BCUT2D eigenvalue weighted by Crippen LogP contribution is -2.27. The minimum atomic E-state index is -4.33. The van der Waals surface area contributed by atoms with Gasteiger partial charge in [-0.1, -0.05) is 0 Å². The van der Waals surface area contributed by atoms with E-state index in [2.05, 4.69) is 0 Å². The molecule has 70 valence electrons. The minimum absolute atomic E-state index is 0. The fraction of sp³-hybridized carbons (Fsp3) is 0.333. The molecule has 0 aromatic carbocycles. The summed E-state index contributed by atoms with van der Waals surface area (Å²) in [7, 11) is 0. The van der Waals surface area contributed by atoms with Crippen LogP contribution in [-0.2, 0) is 0 Å². The Labute approximate surface area is 77.8 Å². The Hall–Kier alpha value is -0.260. The predicted octanol–water partition coefficient (Wildman–Crippen LogP) is 2.73. The van der Waals surface area contributed by atoms with E-state index in [1.165, 1.54) is 22.8 Å². The van der Waals surface area contributed by atoms with Gasteiger partial charge in [0.1, 0.15) is 6.04 Å². The van der Waals surface area contributed by atoms with E-state index in [1.807, 2.05) is 0 Å². The van der Waals surface area contributed by atoms with Crippen LogP contribution >= 0.6 is 23.7 Å². The summed E-state index contributed by atoms with van der Waals surface area (Å²) in [6.07, 6.45) is -4.33. The quantitative estimate of drug-likeness (QED) is 0.769. The van der Waals surface area contributed by atoms with Gasteiger partial charge in [-0.05, 0) is 22.4 Å². The average molecular weight is 218 g/mol. The predicted molar refractivity (Wildman–Crippen MR) is 44.6 cm³/mol. The largest absolute Gasteiger partial charge is 0.407 e. The van der Waals surface area contributed by atoms with Crippen LogP contribution in [0.1, 0.15) is 11.6 Å². The van der Waals surface area contributed by atoms with Gasteiger partial charge in [0, 0.05) is 0 Å². The number of rotatable bonds is 1. The standard InChI is InChI=1S/C6H6F3NS.ClH/c7-6(8,9)5(10)4-1-2-11-3-4;/h1-3,5H,10H2;1H/t5-;/m1./s1. The van der Waals surface area contributed by atoms with Crippen LogP contribution in [0.3, 0.4) is 0 Å². The van der Waals surface area contributed by atoms with E-state index in [0.717, 1.165) is 0 Å². The van der Waals surface area contributed by atoms with Gasteiger partial charge in [0.15, 0.2) is 0 Å². The first-order valence-corrected chi connectivity index (χ1v) is 3.80. The Morgan fingerprint density at radius 1 is 1.42 bits per heavy atom. The first-order valence-electron chi connectivity index (χ1n) is 2.86. The normalized spacial score (nSPS) is 13.7. The first kappa shape index (κ1) is 11.7. The van der Waals surface area contributed by atoms with Crippen molar-refractivity contribution in [2.45, 2.75) is 12.2 Å². The molecule has 0 saturated carbocycles. The molecule has 1 aromatic heterocycles. The third-order valence-electron chi connectivity index (χ3n) is 1.25. The molecule has 0 fully saturated rings. The molecule has 1 aromatic rings. The number of halogens is 4. The van der Waals surface area contributed by atoms with E-state index < -0.39 is 12.2 Å². The van der Waals surface area contributed by atoms with E-state index in [4.69, 9.17) is 5.73 Å². The van der Waals surface area contributed by atoms with E-state index in [-0.39, 0.29) is 18.0 Å². The summed E-state index contributed by atoms with van der Waals surface area (Å²) >= 11 is 1.20. The van der Waals surface area contributed by atoms with Crippen LogP contribution < -0.4 is 5.73 Å². The van der Waals surface area contributed by atoms with Crippen LogP contribution in [-0.4, -0.2) is 6.18 Å². The summed E-state index contributed by atoms with van der Waals surface area (Å²) < 4.78 is 35.7. The molecule has 12 heavy (non-hydrogen) atoms. The van der Waals surface area contributed by atoms with Gasteiger partial charge < -0.3 is 5.73 Å². The number of hydrogen-bond donors (Lipinski definition) is 1. The van der Waals surface area contributed by atoms with Gasteiger partial charge in [-0.15, -0.1) is 12.4 Å². The van der Waals surface area contributed by atoms with Crippen molar-refractivity contribution in [1.82, 2.24) is 0 Å². The number of alkyl halides is 3. The molecule has 1 atom stereocenters. The monoisotopic (exact) mass is 217 g/mol. The van der Waals surface area contributed by atoms with E-state index in [0.29, 0.717) is 0 Å². The van der Waals surface area contributed by atoms with Crippen molar-refractivity contribution >= 4 is 23.7 Å². The Balaban J connectivity index is 0.00000121. The highest BCUT2D eigenvalue weighted by atomic mass is 35.5. The van der Waals surface area contributed by atoms with Gasteiger partial charge in [-0.25, -0.2) is 0 Å². The van der Waals surface area contributed by atoms with Gasteiger partial charge in [0.05, 0.1) is 0 Å². The van der Waals surface area contributed by atoms with Crippen molar-refractivity contribution in [3.63, 3.8) is 0 Å². The molecule has 0 saturated heterocycles. The zero-order valence-electron chi connectivity index (χ0n) is 5.84. The summed E-state index contributed by atoms with van der Waals surface area (Å²) in [5.41, 5.74) is 5.03. The maximum Gasteiger partial charge on any atom is 0.407 e. The van der Waals surface area contributed by atoms with E-state index in [1.54, 1.807) is 5.38 Å². The molecule has 1 nitrogen and oxygen atoms in total. The second kappa shape index (κ2) is 4.11.